The predicted octanol–water partition coefficient (Wildman–Crippen LogP) is 3.71. The average Bonchev–Trinajstić information content (AvgIpc) is 3.13. The predicted molar refractivity (Wildman–Crippen MR) is 118 cm³/mol. The standard InChI is InChI=1S/C23H36N2O4S/c1-4-19-13-20-21(30-19)5-8-29-23(20)6-7-25(16(2)14-23)15-17-11-18(12-17)24-22(26)28-10-9-27-3/h13,16-18H,4-12,14-15H2,1-3H3,(H,24,26)/t16-,17-,18+,23+/m0/s1. The zero-order chi connectivity index (χ0) is 21.1. The first-order chi connectivity index (χ1) is 14.5. The average molecular weight is 437 g/mol. The zero-order valence-electron chi connectivity index (χ0n) is 18.6. The van der Waals surface area contributed by atoms with Gasteiger partial charge in [-0.3, -0.25) is 0 Å². The number of nitrogens with one attached hydrogen (secondary N) is 1. The molecule has 2 aliphatic heterocycles. The Balaban J connectivity index is 1.25. The first kappa shape index (κ1) is 22.1. The summed E-state index contributed by atoms with van der Waals surface area (Å²) in [5.74, 6) is 0.654. The van der Waals surface area contributed by atoms with Crippen LogP contribution in [0.15, 0.2) is 6.07 Å². The molecule has 1 aromatic heterocycles. The Morgan fingerprint density at radius 1 is 1.40 bits per heavy atom. The van der Waals surface area contributed by atoms with Crippen LogP contribution in [0.4, 0.5) is 4.79 Å². The zero-order valence-corrected chi connectivity index (χ0v) is 19.4. The number of aryl methyl sites for hydroxylation is 1. The van der Waals surface area contributed by atoms with Crippen molar-refractivity contribution in [1.82, 2.24) is 10.2 Å². The lowest BCUT2D eigenvalue weighted by Crippen LogP contribution is -2.54. The summed E-state index contributed by atoms with van der Waals surface area (Å²) in [4.78, 5) is 17.4. The van der Waals surface area contributed by atoms with Gasteiger partial charge in [-0.25, -0.2) is 4.79 Å². The molecule has 0 aromatic carbocycles. The van der Waals surface area contributed by atoms with E-state index in [1.807, 2.05) is 11.3 Å². The summed E-state index contributed by atoms with van der Waals surface area (Å²) in [6.07, 6.45) is 6.12. The van der Waals surface area contributed by atoms with Crippen LogP contribution in [-0.4, -0.2) is 63.1 Å². The van der Waals surface area contributed by atoms with E-state index in [1.54, 1.807) is 12.0 Å². The molecule has 2 atom stereocenters. The molecule has 0 unspecified atom stereocenters. The van der Waals surface area contributed by atoms with Gasteiger partial charge in [0.05, 0.1) is 18.8 Å². The summed E-state index contributed by atoms with van der Waals surface area (Å²) in [5.41, 5.74) is 1.42. The third-order valence-corrected chi connectivity index (χ3v) is 8.37. The number of ether oxygens (including phenoxy) is 3. The third kappa shape index (κ3) is 4.69. The second-order valence-corrected chi connectivity index (χ2v) is 10.3. The van der Waals surface area contributed by atoms with Crippen LogP contribution in [0.25, 0.3) is 0 Å². The number of amides is 1. The molecule has 1 N–H and O–H groups in total. The third-order valence-electron chi connectivity index (χ3n) is 7.03. The molecule has 1 aromatic rings. The second kappa shape index (κ2) is 9.55. The van der Waals surface area contributed by atoms with Crippen LogP contribution < -0.4 is 5.32 Å². The molecule has 168 valence electrons. The molecule has 0 radical (unpaired) electrons. The minimum absolute atomic E-state index is 0.0664. The van der Waals surface area contributed by atoms with E-state index in [-0.39, 0.29) is 17.7 Å². The summed E-state index contributed by atoms with van der Waals surface area (Å²) in [6, 6.07) is 3.19. The maximum absolute atomic E-state index is 11.8. The first-order valence-electron chi connectivity index (χ1n) is 11.4. The van der Waals surface area contributed by atoms with Gasteiger partial charge in [-0.1, -0.05) is 6.92 Å². The molecule has 1 aliphatic carbocycles. The molecule has 1 saturated heterocycles. The number of methoxy groups -OCH3 is 1. The smallest absolute Gasteiger partial charge is 0.407 e. The number of piperidine rings is 1. The lowest BCUT2D eigenvalue weighted by Gasteiger charge is -2.49. The highest BCUT2D eigenvalue weighted by molar-refractivity contribution is 7.12. The van der Waals surface area contributed by atoms with Gasteiger partial charge < -0.3 is 24.4 Å². The van der Waals surface area contributed by atoms with Gasteiger partial charge in [0, 0.05) is 48.5 Å². The lowest BCUT2D eigenvalue weighted by molar-refractivity contribution is -0.114. The molecule has 3 heterocycles. The summed E-state index contributed by atoms with van der Waals surface area (Å²) in [7, 11) is 1.60. The number of fused-ring (bicyclic) bond motifs is 2. The molecule has 6 nitrogen and oxygen atoms in total. The number of nitrogens with zero attached hydrogens (tertiary/aromatic N) is 1. The van der Waals surface area contributed by atoms with Gasteiger partial charge in [0.25, 0.3) is 0 Å². The number of hydrogen-bond acceptors (Lipinski definition) is 6. The molecule has 1 saturated carbocycles. The number of thiophene rings is 1. The number of likely N-dealkylation sites (tertiary alicyclic amines) is 1. The van der Waals surface area contributed by atoms with Crippen molar-refractivity contribution in [3.8, 4) is 0 Å². The summed E-state index contributed by atoms with van der Waals surface area (Å²) in [5, 5.41) is 2.97. The number of hydrogen-bond donors (Lipinski definition) is 1. The Labute approximate surface area is 184 Å². The molecular weight excluding hydrogens is 400 g/mol. The van der Waals surface area contributed by atoms with Crippen molar-refractivity contribution in [3.05, 3.63) is 21.4 Å². The minimum atomic E-state index is -0.323. The summed E-state index contributed by atoms with van der Waals surface area (Å²) >= 11 is 1.99. The maximum Gasteiger partial charge on any atom is 0.407 e. The highest BCUT2D eigenvalue weighted by Crippen LogP contribution is 2.46. The number of rotatable bonds is 7. The Hall–Kier alpha value is -1.15. The van der Waals surface area contributed by atoms with Crippen LogP contribution in [0.3, 0.4) is 0 Å². The van der Waals surface area contributed by atoms with E-state index in [4.69, 9.17) is 14.2 Å². The Bertz CT molecular complexity index is 733. The minimum Gasteiger partial charge on any atom is -0.447 e. The van der Waals surface area contributed by atoms with Crippen LogP contribution in [0.2, 0.25) is 0 Å². The van der Waals surface area contributed by atoms with Crippen LogP contribution in [0.5, 0.6) is 0 Å². The van der Waals surface area contributed by atoms with E-state index in [2.05, 4.69) is 30.1 Å². The van der Waals surface area contributed by atoms with Gasteiger partial charge in [0.2, 0.25) is 0 Å². The van der Waals surface area contributed by atoms with Crippen molar-refractivity contribution in [1.29, 1.82) is 0 Å². The Kier molecular flexibility index (Phi) is 7.02. The SMILES string of the molecule is CCc1cc2c(s1)CCO[C@@]21CCN(C[C@H]2C[C@@H](NC(=O)OCCOC)C2)[C@@H](C)C1. The highest BCUT2D eigenvalue weighted by atomic mass is 32.1. The topological polar surface area (TPSA) is 60.0 Å². The maximum atomic E-state index is 11.8. The van der Waals surface area contributed by atoms with E-state index in [0.717, 1.165) is 58.2 Å². The van der Waals surface area contributed by atoms with E-state index in [1.165, 1.54) is 10.4 Å². The van der Waals surface area contributed by atoms with Gasteiger partial charge in [0.15, 0.2) is 0 Å². The monoisotopic (exact) mass is 436 g/mol. The van der Waals surface area contributed by atoms with Crippen LogP contribution in [0.1, 0.15) is 54.8 Å². The Morgan fingerprint density at radius 3 is 2.97 bits per heavy atom. The fraction of sp³-hybridized carbons (Fsp3) is 0.783. The summed E-state index contributed by atoms with van der Waals surface area (Å²) < 4.78 is 16.5. The van der Waals surface area contributed by atoms with E-state index in [9.17, 15) is 4.79 Å². The molecule has 2 fully saturated rings. The van der Waals surface area contributed by atoms with Crippen molar-refractivity contribution in [3.63, 3.8) is 0 Å². The van der Waals surface area contributed by atoms with Gasteiger partial charge >= 0.3 is 6.09 Å². The number of carbonyl (C=O) groups is 1. The Morgan fingerprint density at radius 2 is 2.23 bits per heavy atom. The van der Waals surface area contributed by atoms with Crippen LogP contribution in [0, 0.1) is 5.92 Å². The molecule has 7 heteroatoms. The molecule has 1 spiro atoms. The first-order valence-corrected chi connectivity index (χ1v) is 12.3. The normalized spacial score (nSPS) is 31.2. The van der Waals surface area contributed by atoms with Crippen LogP contribution in [-0.2, 0) is 32.7 Å². The van der Waals surface area contributed by atoms with Gasteiger partial charge in [0.1, 0.15) is 6.61 Å². The van der Waals surface area contributed by atoms with Crippen molar-refractivity contribution in [2.75, 3.05) is 40.0 Å². The molecule has 30 heavy (non-hydrogen) atoms. The highest BCUT2D eigenvalue weighted by Gasteiger charge is 2.45. The van der Waals surface area contributed by atoms with Crippen molar-refractivity contribution in [2.45, 2.75) is 70.1 Å². The molecule has 3 aliphatic rings. The fourth-order valence-electron chi connectivity index (χ4n) is 5.31. The summed E-state index contributed by atoms with van der Waals surface area (Å²) in [6.45, 7) is 8.41. The lowest BCUT2D eigenvalue weighted by atomic mass is 9.76. The number of carbonyl (C=O) groups excluding carboxylic acids is 1. The quantitative estimate of drug-likeness (QED) is 0.660. The molecule has 0 bridgehead atoms. The van der Waals surface area contributed by atoms with E-state index < -0.39 is 0 Å². The molecule has 1 amide bonds. The fourth-order valence-corrected chi connectivity index (χ4v) is 6.48. The van der Waals surface area contributed by atoms with Gasteiger partial charge in [-0.05, 0) is 56.6 Å². The van der Waals surface area contributed by atoms with E-state index in [0.29, 0.717) is 25.2 Å². The molecule has 4 rings (SSSR count). The second-order valence-electron chi connectivity index (χ2n) is 9.10. The largest absolute Gasteiger partial charge is 0.447 e. The van der Waals surface area contributed by atoms with E-state index >= 15 is 0 Å². The molecular formula is C23H36N2O4S. The van der Waals surface area contributed by atoms with Gasteiger partial charge in [-0.15, -0.1) is 11.3 Å². The van der Waals surface area contributed by atoms with Crippen molar-refractivity contribution < 1.29 is 19.0 Å². The van der Waals surface area contributed by atoms with Crippen molar-refractivity contribution in [2.24, 2.45) is 5.92 Å². The van der Waals surface area contributed by atoms with Crippen LogP contribution >= 0.6 is 11.3 Å². The van der Waals surface area contributed by atoms with Gasteiger partial charge in [-0.2, -0.15) is 0 Å². The number of alkyl carbamates (subject to hydrolysis) is 1. The van der Waals surface area contributed by atoms with Crippen molar-refractivity contribution >= 4 is 17.4 Å².